The maximum Gasteiger partial charge on any atom is 0.321 e. The second kappa shape index (κ2) is 8.38. The highest BCUT2D eigenvalue weighted by molar-refractivity contribution is 5.93. The van der Waals surface area contributed by atoms with E-state index in [0.717, 1.165) is 70.0 Å². The number of hydrogen-bond donors (Lipinski definition) is 1. The fourth-order valence-electron chi connectivity index (χ4n) is 3.63. The third-order valence-electron chi connectivity index (χ3n) is 5.20. The number of nitrogens with zero attached hydrogens (tertiary/aromatic N) is 3. The smallest absolute Gasteiger partial charge is 0.321 e. The van der Waals surface area contributed by atoms with Gasteiger partial charge in [-0.25, -0.2) is 4.79 Å². The molecule has 3 rings (SSSR count). The lowest BCUT2D eigenvalue weighted by atomic mass is 10.2. The molecule has 0 atom stereocenters. The minimum absolute atomic E-state index is 0.0524. The molecule has 1 N–H and O–H groups in total. The summed E-state index contributed by atoms with van der Waals surface area (Å²) in [6.07, 6.45) is 4.71. The van der Waals surface area contributed by atoms with E-state index in [4.69, 9.17) is 0 Å². The maximum atomic E-state index is 12.6. The Hall–Kier alpha value is -1.75. The molecule has 2 heterocycles. The Morgan fingerprint density at radius 2 is 1.62 bits per heavy atom. The lowest BCUT2D eigenvalue weighted by Crippen LogP contribution is -2.46. The second-order valence-electron chi connectivity index (χ2n) is 6.77. The van der Waals surface area contributed by atoms with Crippen molar-refractivity contribution < 1.29 is 4.79 Å². The van der Waals surface area contributed by atoms with E-state index in [0.29, 0.717) is 0 Å². The highest BCUT2D eigenvalue weighted by atomic mass is 16.2. The fourth-order valence-corrected chi connectivity index (χ4v) is 3.63. The maximum absolute atomic E-state index is 12.6. The quantitative estimate of drug-likeness (QED) is 0.925. The summed E-state index contributed by atoms with van der Waals surface area (Å²) in [5, 5.41) is 3.16. The van der Waals surface area contributed by atoms with Crippen LogP contribution >= 0.6 is 0 Å². The summed E-state index contributed by atoms with van der Waals surface area (Å²) in [4.78, 5) is 19.5. The Labute approximate surface area is 145 Å². The summed E-state index contributed by atoms with van der Waals surface area (Å²) in [6.45, 7) is 9.29. The van der Waals surface area contributed by atoms with Crippen molar-refractivity contribution in [3.8, 4) is 0 Å². The Morgan fingerprint density at radius 3 is 2.29 bits per heavy atom. The van der Waals surface area contributed by atoms with Crippen LogP contribution in [0.2, 0.25) is 0 Å². The summed E-state index contributed by atoms with van der Waals surface area (Å²) in [5.74, 6) is 0. The van der Waals surface area contributed by atoms with Crippen molar-refractivity contribution in [2.24, 2.45) is 0 Å². The Kier molecular flexibility index (Phi) is 5.96. The van der Waals surface area contributed by atoms with Crippen molar-refractivity contribution in [1.29, 1.82) is 0 Å². The normalized spacial score (nSPS) is 19.9. The molecule has 2 aliphatic heterocycles. The third kappa shape index (κ3) is 4.20. The highest BCUT2D eigenvalue weighted by Gasteiger charge is 2.20. The van der Waals surface area contributed by atoms with E-state index in [1.165, 1.54) is 12.8 Å². The third-order valence-corrected chi connectivity index (χ3v) is 5.20. The van der Waals surface area contributed by atoms with Gasteiger partial charge in [0.2, 0.25) is 0 Å². The van der Waals surface area contributed by atoms with Crippen molar-refractivity contribution in [3.05, 3.63) is 24.3 Å². The second-order valence-corrected chi connectivity index (χ2v) is 6.77. The number of hydrogen-bond acceptors (Lipinski definition) is 3. The van der Waals surface area contributed by atoms with Gasteiger partial charge in [0.05, 0.1) is 11.4 Å². The van der Waals surface area contributed by atoms with Crippen LogP contribution in [0.1, 0.15) is 32.6 Å². The largest absolute Gasteiger partial charge is 0.367 e. The average molecular weight is 330 g/mol. The molecule has 1 aromatic rings. The average Bonchev–Trinajstić information content (AvgIpc) is 2.92. The molecule has 2 saturated heterocycles. The van der Waals surface area contributed by atoms with Crippen LogP contribution in [0, 0.1) is 0 Å². The van der Waals surface area contributed by atoms with Crippen LogP contribution in [0.3, 0.4) is 0 Å². The van der Waals surface area contributed by atoms with E-state index < -0.39 is 0 Å². The zero-order chi connectivity index (χ0) is 16.8. The van der Waals surface area contributed by atoms with E-state index in [2.05, 4.69) is 34.2 Å². The summed E-state index contributed by atoms with van der Waals surface area (Å²) < 4.78 is 0. The van der Waals surface area contributed by atoms with E-state index in [9.17, 15) is 4.79 Å². The molecule has 132 valence electrons. The van der Waals surface area contributed by atoms with Crippen LogP contribution in [-0.4, -0.2) is 61.6 Å². The molecule has 0 radical (unpaired) electrons. The zero-order valence-corrected chi connectivity index (χ0v) is 14.8. The number of amides is 2. The summed E-state index contributed by atoms with van der Waals surface area (Å²) in [6, 6.07) is 8.26. The number of nitrogens with one attached hydrogen (secondary N) is 1. The van der Waals surface area contributed by atoms with Gasteiger partial charge in [-0.15, -0.1) is 0 Å². The number of para-hydroxylation sites is 2. The van der Waals surface area contributed by atoms with Crippen molar-refractivity contribution in [1.82, 2.24) is 9.80 Å². The number of carbonyl (C=O) groups is 1. The molecular formula is C19H30N4O. The van der Waals surface area contributed by atoms with E-state index in [1.54, 1.807) is 0 Å². The van der Waals surface area contributed by atoms with Gasteiger partial charge in [0.1, 0.15) is 0 Å². The van der Waals surface area contributed by atoms with E-state index in [1.807, 2.05) is 17.0 Å². The molecule has 0 unspecified atom stereocenters. The van der Waals surface area contributed by atoms with E-state index in [-0.39, 0.29) is 6.03 Å². The number of urea groups is 1. The Morgan fingerprint density at radius 1 is 0.958 bits per heavy atom. The number of likely N-dealkylation sites (N-methyl/N-ethyl adjacent to an activating group) is 1. The molecule has 0 spiro atoms. The van der Waals surface area contributed by atoms with Gasteiger partial charge in [0.25, 0.3) is 0 Å². The molecule has 24 heavy (non-hydrogen) atoms. The lowest BCUT2D eigenvalue weighted by Gasteiger charge is -2.36. The first-order valence-corrected chi connectivity index (χ1v) is 9.40. The monoisotopic (exact) mass is 330 g/mol. The summed E-state index contributed by atoms with van der Waals surface area (Å²) in [7, 11) is 0. The van der Waals surface area contributed by atoms with Crippen molar-refractivity contribution >= 4 is 17.4 Å². The molecule has 5 nitrogen and oxygen atoms in total. The Balaban J connectivity index is 1.66. The van der Waals surface area contributed by atoms with Gasteiger partial charge in [-0.2, -0.15) is 0 Å². The van der Waals surface area contributed by atoms with E-state index >= 15 is 0 Å². The summed E-state index contributed by atoms with van der Waals surface area (Å²) in [5.41, 5.74) is 2.09. The first kappa shape index (κ1) is 17.1. The molecule has 0 aromatic heterocycles. The predicted octanol–water partition coefficient (Wildman–Crippen LogP) is 3.24. The number of carbonyl (C=O) groups excluding carboxylic acids is 1. The van der Waals surface area contributed by atoms with Crippen molar-refractivity contribution in [3.63, 3.8) is 0 Å². The Bertz CT molecular complexity index is 532. The van der Waals surface area contributed by atoms with Crippen molar-refractivity contribution in [2.75, 3.05) is 56.0 Å². The predicted molar refractivity (Wildman–Crippen MR) is 99.8 cm³/mol. The van der Waals surface area contributed by atoms with Gasteiger partial charge in [-0.1, -0.05) is 31.9 Å². The standard InChI is InChI=1S/C19H30N4O/c1-2-21-13-15-22(16-14-21)18-10-6-5-9-17(18)20-19(24)23-11-7-3-4-8-12-23/h5-6,9-10H,2-4,7-8,11-16H2,1H3,(H,20,24). The molecule has 1 aromatic carbocycles. The highest BCUT2D eigenvalue weighted by Crippen LogP contribution is 2.27. The van der Waals surface area contributed by atoms with Gasteiger partial charge >= 0.3 is 6.03 Å². The van der Waals surface area contributed by atoms with Crippen LogP contribution in [0.15, 0.2) is 24.3 Å². The van der Waals surface area contributed by atoms with Crippen LogP contribution < -0.4 is 10.2 Å². The van der Waals surface area contributed by atoms with Crippen LogP contribution in [0.4, 0.5) is 16.2 Å². The number of benzene rings is 1. The molecule has 0 aliphatic carbocycles. The molecular weight excluding hydrogens is 300 g/mol. The number of anilines is 2. The number of likely N-dealkylation sites (tertiary alicyclic amines) is 1. The van der Waals surface area contributed by atoms with Crippen molar-refractivity contribution in [2.45, 2.75) is 32.6 Å². The molecule has 0 bridgehead atoms. The molecule has 0 saturated carbocycles. The summed E-state index contributed by atoms with van der Waals surface area (Å²) >= 11 is 0. The van der Waals surface area contributed by atoms with Gasteiger partial charge < -0.3 is 20.0 Å². The topological polar surface area (TPSA) is 38.8 Å². The lowest BCUT2D eigenvalue weighted by molar-refractivity contribution is 0.214. The van der Waals surface area contributed by atoms with Gasteiger partial charge in [-0.05, 0) is 31.5 Å². The van der Waals surface area contributed by atoms with Crippen LogP contribution in [0.25, 0.3) is 0 Å². The van der Waals surface area contributed by atoms with Gasteiger partial charge in [0.15, 0.2) is 0 Å². The fraction of sp³-hybridized carbons (Fsp3) is 0.632. The molecule has 2 amide bonds. The molecule has 2 fully saturated rings. The van der Waals surface area contributed by atoms with Gasteiger partial charge in [-0.3, -0.25) is 0 Å². The zero-order valence-electron chi connectivity index (χ0n) is 14.8. The first-order valence-electron chi connectivity index (χ1n) is 9.40. The van der Waals surface area contributed by atoms with Crippen LogP contribution in [0.5, 0.6) is 0 Å². The minimum atomic E-state index is 0.0524. The number of piperazine rings is 1. The van der Waals surface area contributed by atoms with Crippen LogP contribution in [-0.2, 0) is 0 Å². The van der Waals surface area contributed by atoms with Gasteiger partial charge in [0, 0.05) is 39.3 Å². The minimum Gasteiger partial charge on any atom is -0.367 e. The molecule has 5 heteroatoms. The SMILES string of the molecule is CCN1CCN(c2ccccc2NC(=O)N2CCCCCC2)CC1. The first-order chi connectivity index (χ1) is 11.8. The number of rotatable bonds is 3. The molecule has 2 aliphatic rings.